The molecule has 2 heterocycles. The van der Waals surface area contributed by atoms with E-state index in [9.17, 15) is 19.3 Å². The number of ether oxygens (including phenoxy) is 1. The van der Waals surface area contributed by atoms with Gasteiger partial charge in [-0.3, -0.25) is 24.5 Å². The third-order valence-electron chi connectivity index (χ3n) is 4.57. The average Bonchev–Trinajstić information content (AvgIpc) is 3.08. The number of hydrogen-bond acceptors (Lipinski definition) is 6. The first-order valence-corrected chi connectivity index (χ1v) is 8.95. The quantitative estimate of drug-likeness (QED) is 0.532. The molecule has 1 saturated heterocycles. The van der Waals surface area contributed by atoms with Crippen molar-refractivity contribution in [3.05, 3.63) is 50.9 Å². The average molecular weight is 412 g/mol. The van der Waals surface area contributed by atoms with E-state index >= 15 is 0 Å². The first-order chi connectivity index (χ1) is 13.4. The zero-order valence-electron chi connectivity index (χ0n) is 15.2. The molecular weight excluding hydrogens is 393 g/mol. The maximum atomic E-state index is 13.9. The Hall–Kier alpha value is -2.72. The molecule has 28 heavy (non-hydrogen) atoms. The minimum absolute atomic E-state index is 0.122. The summed E-state index contributed by atoms with van der Waals surface area (Å²) in [5.74, 6) is -0.687. The van der Waals surface area contributed by atoms with Crippen LogP contribution in [0.3, 0.4) is 0 Å². The number of carbonyl (C=O) groups excluding carboxylic acids is 1. The van der Waals surface area contributed by atoms with Crippen molar-refractivity contribution in [1.82, 2.24) is 19.6 Å². The summed E-state index contributed by atoms with van der Waals surface area (Å²) in [6.07, 6.45) is 1.17. The molecule has 1 aliphatic rings. The maximum Gasteiger partial charge on any atom is 0.350 e. The van der Waals surface area contributed by atoms with Crippen LogP contribution in [0, 0.1) is 15.9 Å². The highest BCUT2D eigenvalue weighted by Gasteiger charge is 2.25. The highest BCUT2D eigenvalue weighted by Crippen LogP contribution is 2.24. The van der Waals surface area contributed by atoms with Gasteiger partial charge in [0.05, 0.1) is 12.0 Å². The molecule has 9 nitrogen and oxygen atoms in total. The molecule has 0 spiro atoms. The van der Waals surface area contributed by atoms with Crippen LogP contribution in [-0.4, -0.2) is 63.7 Å². The molecule has 150 valence electrons. The summed E-state index contributed by atoms with van der Waals surface area (Å²) in [6.45, 7) is 2.31. The molecule has 0 saturated carbocycles. The molecule has 0 aliphatic carbocycles. The lowest BCUT2D eigenvalue weighted by Gasteiger charge is -2.34. The van der Waals surface area contributed by atoms with Crippen molar-refractivity contribution in [2.75, 3.05) is 33.3 Å². The second-order valence-electron chi connectivity index (χ2n) is 6.34. The topological polar surface area (TPSA) is 93.7 Å². The van der Waals surface area contributed by atoms with E-state index in [2.05, 4.69) is 5.10 Å². The van der Waals surface area contributed by atoms with Crippen LogP contribution in [-0.2, 0) is 17.9 Å². The van der Waals surface area contributed by atoms with Crippen molar-refractivity contribution in [3.8, 4) is 5.88 Å². The molecule has 11 heteroatoms. The third-order valence-corrected chi connectivity index (χ3v) is 4.92. The minimum atomic E-state index is -0.612. The van der Waals surface area contributed by atoms with Crippen molar-refractivity contribution >= 4 is 23.2 Å². The molecule has 1 aromatic carbocycles. The van der Waals surface area contributed by atoms with Crippen molar-refractivity contribution in [2.45, 2.75) is 13.1 Å². The van der Waals surface area contributed by atoms with Gasteiger partial charge in [-0.2, -0.15) is 0 Å². The number of methoxy groups -OCH3 is 1. The Morgan fingerprint density at radius 3 is 2.64 bits per heavy atom. The van der Waals surface area contributed by atoms with Crippen LogP contribution in [0.5, 0.6) is 5.88 Å². The Labute approximate surface area is 165 Å². The summed E-state index contributed by atoms with van der Waals surface area (Å²) >= 11 is 6.07. The lowest BCUT2D eigenvalue weighted by atomic mass is 10.2. The Morgan fingerprint density at radius 1 is 1.36 bits per heavy atom. The van der Waals surface area contributed by atoms with Gasteiger partial charge < -0.3 is 9.64 Å². The number of aromatic nitrogens is 2. The SMILES string of the molecule is COc1nn(CC(=O)N2CCN(Cc3c(F)cccc3Cl)CC2)cc1[N+](=O)[O-]. The summed E-state index contributed by atoms with van der Waals surface area (Å²) in [5.41, 5.74) is 0.154. The number of nitrogens with zero attached hydrogens (tertiary/aromatic N) is 5. The highest BCUT2D eigenvalue weighted by molar-refractivity contribution is 6.31. The van der Waals surface area contributed by atoms with Crippen LogP contribution >= 0.6 is 11.6 Å². The van der Waals surface area contributed by atoms with E-state index in [1.165, 1.54) is 24.1 Å². The van der Waals surface area contributed by atoms with Crippen LogP contribution < -0.4 is 4.74 Å². The van der Waals surface area contributed by atoms with E-state index in [1.54, 1.807) is 17.0 Å². The number of amides is 1. The Kier molecular flexibility index (Phi) is 6.10. The van der Waals surface area contributed by atoms with Crippen molar-refractivity contribution in [3.63, 3.8) is 0 Å². The maximum absolute atomic E-state index is 13.9. The zero-order chi connectivity index (χ0) is 20.3. The monoisotopic (exact) mass is 411 g/mol. The molecule has 0 unspecified atom stereocenters. The first kappa shape index (κ1) is 20.0. The minimum Gasteiger partial charge on any atom is -0.475 e. The van der Waals surface area contributed by atoms with Gasteiger partial charge in [-0.1, -0.05) is 17.7 Å². The zero-order valence-corrected chi connectivity index (χ0v) is 15.9. The van der Waals surface area contributed by atoms with E-state index in [1.807, 2.05) is 4.90 Å². The second-order valence-corrected chi connectivity index (χ2v) is 6.74. The van der Waals surface area contributed by atoms with Gasteiger partial charge in [-0.05, 0) is 12.1 Å². The fraction of sp³-hybridized carbons (Fsp3) is 0.412. The van der Waals surface area contributed by atoms with Gasteiger partial charge in [0.2, 0.25) is 5.91 Å². The molecule has 1 fully saturated rings. The summed E-state index contributed by atoms with van der Waals surface area (Å²) in [6, 6.07) is 4.59. The van der Waals surface area contributed by atoms with Crippen LogP contribution in [0.25, 0.3) is 0 Å². The number of halogens is 2. The third kappa shape index (κ3) is 4.39. The molecule has 1 amide bonds. The number of rotatable bonds is 6. The van der Waals surface area contributed by atoms with E-state index in [-0.39, 0.29) is 29.8 Å². The van der Waals surface area contributed by atoms with Crippen LogP contribution in [0.1, 0.15) is 5.56 Å². The lowest BCUT2D eigenvalue weighted by Crippen LogP contribution is -2.49. The Balaban J connectivity index is 1.56. The largest absolute Gasteiger partial charge is 0.475 e. The van der Waals surface area contributed by atoms with E-state index in [4.69, 9.17) is 16.3 Å². The molecule has 0 radical (unpaired) electrons. The lowest BCUT2D eigenvalue weighted by molar-refractivity contribution is -0.385. The number of carbonyl (C=O) groups is 1. The summed E-state index contributed by atoms with van der Waals surface area (Å²) in [7, 11) is 1.28. The van der Waals surface area contributed by atoms with Crippen molar-refractivity contribution < 1.29 is 18.8 Å². The smallest absolute Gasteiger partial charge is 0.350 e. The van der Waals surface area contributed by atoms with Gasteiger partial charge in [0.15, 0.2) is 0 Å². The molecule has 0 N–H and O–H groups in total. The fourth-order valence-corrected chi connectivity index (χ4v) is 3.27. The van der Waals surface area contributed by atoms with Crippen LogP contribution in [0.15, 0.2) is 24.4 Å². The van der Waals surface area contributed by atoms with Gasteiger partial charge in [0.25, 0.3) is 0 Å². The molecule has 2 aromatic rings. The van der Waals surface area contributed by atoms with Gasteiger partial charge >= 0.3 is 11.6 Å². The standard InChI is InChI=1S/C17H19ClFN5O4/c1-28-17-15(24(26)27)10-23(20-17)11-16(25)22-7-5-21(6-8-22)9-12-13(18)3-2-4-14(12)19/h2-4,10H,5-9,11H2,1H3. The summed E-state index contributed by atoms with van der Waals surface area (Å²) in [4.78, 5) is 26.5. The molecule has 1 aliphatic heterocycles. The predicted octanol–water partition coefficient (Wildman–Crippen LogP) is 1.94. The summed E-state index contributed by atoms with van der Waals surface area (Å²) in [5, 5.41) is 15.2. The highest BCUT2D eigenvalue weighted by atomic mass is 35.5. The molecule has 1 aromatic heterocycles. The van der Waals surface area contributed by atoms with E-state index < -0.39 is 4.92 Å². The Bertz CT molecular complexity index is 862. The van der Waals surface area contributed by atoms with Crippen LogP contribution in [0.2, 0.25) is 5.02 Å². The van der Waals surface area contributed by atoms with E-state index in [0.717, 1.165) is 0 Å². The van der Waals surface area contributed by atoms with Crippen LogP contribution in [0.4, 0.5) is 10.1 Å². The molecule has 3 rings (SSSR count). The normalized spacial score (nSPS) is 14.9. The number of nitro groups is 1. The molecule has 0 bridgehead atoms. The van der Waals surface area contributed by atoms with Gasteiger partial charge in [-0.15, -0.1) is 5.10 Å². The van der Waals surface area contributed by atoms with Gasteiger partial charge in [0.1, 0.15) is 18.6 Å². The second kappa shape index (κ2) is 8.53. The van der Waals surface area contributed by atoms with Gasteiger partial charge in [0, 0.05) is 43.3 Å². The van der Waals surface area contributed by atoms with Gasteiger partial charge in [-0.25, -0.2) is 4.39 Å². The Morgan fingerprint density at radius 2 is 2.07 bits per heavy atom. The molecular formula is C17H19ClFN5O4. The fourth-order valence-electron chi connectivity index (χ4n) is 3.05. The number of benzene rings is 1. The number of hydrogen-bond donors (Lipinski definition) is 0. The van der Waals surface area contributed by atoms with Crippen molar-refractivity contribution in [1.29, 1.82) is 0 Å². The van der Waals surface area contributed by atoms with Crippen molar-refractivity contribution in [2.24, 2.45) is 0 Å². The first-order valence-electron chi connectivity index (χ1n) is 8.58. The predicted molar refractivity (Wildman–Crippen MR) is 98.7 cm³/mol. The van der Waals surface area contributed by atoms with E-state index in [0.29, 0.717) is 43.3 Å². The summed E-state index contributed by atoms with van der Waals surface area (Å²) < 4.78 is 20.0. The number of piperazine rings is 1. The molecule has 0 atom stereocenters.